The lowest BCUT2D eigenvalue weighted by atomic mass is 10.0. The summed E-state index contributed by atoms with van der Waals surface area (Å²) in [5.41, 5.74) is 4.47. The molecule has 1 heterocycles. The molecule has 1 aliphatic heterocycles. The van der Waals surface area contributed by atoms with Crippen molar-refractivity contribution >= 4 is 23.1 Å². The number of aryl methyl sites for hydroxylation is 1. The van der Waals surface area contributed by atoms with Crippen LogP contribution < -0.4 is 4.90 Å². The summed E-state index contributed by atoms with van der Waals surface area (Å²) in [4.78, 5) is 26.3. The van der Waals surface area contributed by atoms with Gasteiger partial charge >= 0.3 is 5.97 Å². The Labute approximate surface area is 130 Å². The zero-order valence-electron chi connectivity index (χ0n) is 13.1. The molecule has 0 saturated carbocycles. The van der Waals surface area contributed by atoms with Crippen molar-refractivity contribution in [1.29, 1.82) is 0 Å². The van der Waals surface area contributed by atoms with E-state index in [0.717, 1.165) is 16.8 Å². The summed E-state index contributed by atoms with van der Waals surface area (Å²) >= 11 is 0. The second kappa shape index (κ2) is 6.64. The topological polar surface area (TPSA) is 60.9 Å². The van der Waals surface area contributed by atoms with Gasteiger partial charge in [-0.25, -0.2) is 0 Å². The molecule has 1 fully saturated rings. The zero-order valence-corrected chi connectivity index (χ0v) is 13.1. The molecule has 1 N–H and O–H groups in total. The molecule has 22 heavy (non-hydrogen) atoms. The molecule has 0 unspecified atom stereocenters. The van der Waals surface area contributed by atoms with Gasteiger partial charge in [0, 0.05) is 37.4 Å². The van der Waals surface area contributed by atoms with Crippen molar-refractivity contribution in [2.75, 3.05) is 31.1 Å². The van der Waals surface area contributed by atoms with Crippen molar-refractivity contribution in [3.63, 3.8) is 0 Å². The van der Waals surface area contributed by atoms with E-state index in [1.165, 1.54) is 5.56 Å². The standard InChI is InChI=1S/C17H22N2O3/c1-12(2)14-10-13(3)4-5-15(14)18-6-8-19(9-7-18)16(20)11-17(21)22/h4-5,10H,1,6-9,11H2,2-3H3,(H,21,22). The van der Waals surface area contributed by atoms with Gasteiger partial charge in [-0.2, -0.15) is 0 Å². The summed E-state index contributed by atoms with van der Waals surface area (Å²) in [5, 5.41) is 8.70. The largest absolute Gasteiger partial charge is 0.481 e. The van der Waals surface area contributed by atoms with Crippen LogP contribution in [-0.2, 0) is 9.59 Å². The number of carboxylic acid groups (broad SMARTS) is 1. The Bertz CT molecular complexity index is 602. The van der Waals surface area contributed by atoms with Gasteiger partial charge in [-0.1, -0.05) is 18.2 Å². The van der Waals surface area contributed by atoms with Crippen LogP contribution in [0.2, 0.25) is 0 Å². The Balaban J connectivity index is 2.07. The zero-order chi connectivity index (χ0) is 16.3. The number of rotatable bonds is 4. The van der Waals surface area contributed by atoms with E-state index in [-0.39, 0.29) is 5.91 Å². The third kappa shape index (κ3) is 3.67. The summed E-state index contributed by atoms with van der Waals surface area (Å²) < 4.78 is 0. The number of amides is 1. The van der Waals surface area contributed by atoms with Crippen molar-refractivity contribution in [3.8, 4) is 0 Å². The van der Waals surface area contributed by atoms with Crippen molar-refractivity contribution in [2.45, 2.75) is 20.3 Å². The monoisotopic (exact) mass is 302 g/mol. The van der Waals surface area contributed by atoms with E-state index in [2.05, 4.69) is 36.6 Å². The molecule has 1 aromatic carbocycles. The van der Waals surface area contributed by atoms with Crippen LogP contribution in [0.3, 0.4) is 0 Å². The lowest BCUT2D eigenvalue weighted by molar-refractivity contribution is -0.144. The highest BCUT2D eigenvalue weighted by Crippen LogP contribution is 2.28. The van der Waals surface area contributed by atoms with Gasteiger partial charge in [0.15, 0.2) is 0 Å². The minimum Gasteiger partial charge on any atom is -0.481 e. The molecular formula is C17H22N2O3. The number of carbonyl (C=O) groups is 2. The van der Waals surface area contributed by atoms with Crippen molar-refractivity contribution in [3.05, 3.63) is 35.9 Å². The fourth-order valence-electron chi connectivity index (χ4n) is 2.71. The second-order valence-electron chi connectivity index (χ2n) is 5.74. The summed E-state index contributed by atoms with van der Waals surface area (Å²) in [7, 11) is 0. The van der Waals surface area contributed by atoms with E-state index >= 15 is 0 Å². The maximum Gasteiger partial charge on any atom is 0.312 e. The number of hydrogen-bond donors (Lipinski definition) is 1. The highest BCUT2D eigenvalue weighted by molar-refractivity contribution is 5.93. The molecule has 2 rings (SSSR count). The first-order chi connectivity index (χ1) is 10.4. The molecular weight excluding hydrogens is 280 g/mol. The highest BCUT2D eigenvalue weighted by atomic mass is 16.4. The second-order valence-corrected chi connectivity index (χ2v) is 5.74. The van der Waals surface area contributed by atoms with Gasteiger partial charge in [-0.3, -0.25) is 9.59 Å². The van der Waals surface area contributed by atoms with Gasteiger partial charge in [-0.05, 0) is 31.6 Å². The Morgan fingerprint density at radius 1 is 1.23 bits per heavy atom. The number of aliphatic carboxylic acids is 1. The summed E-state index contributed by atoms with van der Waals surface area (Å²) in [5.74, 6) is -1.38. The summed E-state index contributed by atoms with van der Waals surface area (Å²) in [6.45, 7) is 10.6. The van der Waals surface area contributed by atoms with Crippen LogP contribution in [-0.4, -0.2) is 48.1 Å². The molecule has 1 aliphatic rings. The normalized spacial score (nSPS) is 14.8. The quantitative estimate of drug-likeness (QED) is 0.866. The highest BCUT2D eigenvalue weighted by Gasteiger charge is 2.23. The molecule has 1 saturated heterocycles. The number of anilines is 1. The van der Waals surface area contributed by atoms with Gasteiger partial charge < -0.3 is 14.9 Å². The first kappa shape index (κ1) is 16.1. The number of benzene rings is 1. The third-order valence-electron chi connectivity index (χ3n) is 3.89. The SMILES string of the molecule is C=C(C)c1cc(C)ccc1N1CCN(C(=O)CC(=O)O)CC1. The van der Waals surface area contributed by atoms with E-state index < -0.39 is 12.4 Å². The smallest absolute Gasteiger partial charge is 0.312 e. The van der Waals surface area contributed by atoms with Crippen LogP contribution in [0.15, 0.2) is 24.8 Å². The van der Waals surface area contributed by atoms with Crippen LogP contribution in [0.5, 0.6) is 0 Å². The molecule has 0 radical (unpaired) electrons. The fraction of sp³-hybridized carbons (Fsp3) is 0.412. The van der Waals surface area contributed by atoms with E-state index in [4.69, 9.17) is 5.11 Å². The minimum atomic E-state index is -1.07. The van der Waals surface area contributed by atoms with Crippen molar-refractivity contribution in [1.82, 2.24) is 4.90 Å². The van der Waals surface area contributed by atoms with Gasteiger partial charge in [0.1, 0.15) is 6.42 Å². The molecule has 118 valence electrons. The van der Waals surface area contributed by atoms with Crippen molar-refractivity contribution < 1.29 is 14.7 Å². The van der Waals surface area contributed by atoms with Crippen molar-refractivity contribution in [2.24, 2.45) is 0 Å². The number of nitrogens with zero attached hydrogens (tertiary/aromatic N) is 2. The summed E-state index contributed by atoms with van der Waals surface area (Å²) in [6, 6.07) is 6.29. The molecule has 5 nitrogen and oxygen atoms in total. The number of piperazine rings is 1. The predicted octanol–water partition coefficient (Wildman–Crippen LogP) is 2.15. The Morgan fingerprint density at radius 3 is 2.41 bits per heavy atom. The van der Waals surface area contributed by atoms with Crippen LogP contribution in [0, 0.1) is 6.92 Å². The lowest BCUT2D eigenvalue weighted by Gasteiger charge is -2.37. The Kier molecular flexibility index (Phi) is 4.85. The number of allylic oxidation sites excluding steroid dienone is 1. The predicted molar refractivity (Wildman–Crippen MR) is 86.9 cm³/mol. The van der Waals surface area contributed by atoms with Gasteiger partial charge in [0.2, 0.25) is 5.91 Å². The molecule has 0 bridgehead atoms. The van der Waals surface area contributed by atoms with E-state index in [0.29, 0.717) is 26.2 Å². The van der Waals surface area contributed by atoms with Gasteiger partial charge in [0.25, 0.3) is 0 Å². The number of hydrogen-bond acceptors (Lipinski definition) is 3. The Morgan fingerprint density at radius 2 is 1.86 bits per heavy atom. The molecule has 0 atom stereocenters. The van der Waals surface area contributed by atoms with E-state index in [9.17, 15) is 9.59 Å². The summed E-state index contributed by atoms with van der Waals surface area (Å²) in [6.07, 6.45) is -0.429. The Hall–Kier alpha value is -2.30. The molecule has 1 aromatic rings. The molecule has 1 amide bonds. The average molecular weight is 302 g/mol. The average Bonchev–Trinajstić information content (AvgIpc) is 2.46. The first-order valence-electron chi connectivity index (χ1n) is 7.39. The van der Waals surface area contributed by atoms with E-state index in [1.807, 2.05) is 6.92 Å². The van der Waals surface area contributed by atoms with Crippen LogP contribution in [0.25, 0.3) is 5.57 Å². The van der Waals surface area contributed by atoms with Gasteiger partial charge in [0.05, 0.1) is 0 Å². The maximum absolute atomic E-state index is 11.8. The fourth-order valence-corrected chi connectivity index (χ4v) is 2.71. The van der Waals surface area contributed by atoms with E-state index in [1.54, 1.807) is 4.90 Å². The maximum atomic E-state index is 11.8. The molecule has 0 aromatic heterocycles. The van der Waals surface area contributed by atoms with Crippen LogP contribution >= 0.6 is 0 Å². The van der Waals surface area contributed by atoms with Crippen LogP contribution in [0.4, 0.5) is 5.69 Å². The molecule has 0 aliphatic carbocycles. The number of carboxylic acids is 1. The lowest BCUT2D eigenvalue weighted by Crippen LogP contribution is -2.49. The molecule has 0 spiro atoms. The van der Waals surface area contributed by atoms with Crippen LogP contribution in [0.1, 0.15) is 24.5 Å². The van der Waals surface area contributed by atoms with Gasteiger partial charge in [-0.15, -0.1) is 0 Å². The first-order valence-corrected chi connectivity index (χ1v) is 7.39. The third-order valence-corrected chi connectivity index (χ3v) is 3.89. The molecule has 5 heteroatoms. The number of carbonyl (C=O) groups excluding carboxylic acids is 1. The minimum absolute atomic E-state index is 0.309.